The molecule has 0 fully saturated rings. The van der Waals surface area contributed by atoms with E-state index in [1.165, 1.54) is 12.1 Å². The van der Waals surface area contributed by atoms with Crippen LogP contribution in [-0.4, -0.2) is 20.9 Å². The standard InChI is InChI=1S/C19H16ClFN4O2/c20-14-5-3-13(4-6-14)17-10-25-16(11-27-17)18(23-24-25)19(26)22-9-12-1-7-15(21)8-2-12/h1-8,17H,9-11H2,(H,22,26). The van der Waals surface area contributed by atoms with Crippen molar-refractivity contribution < 1.29 is 13.9 Å². The Bertz CT molecular complexity index is 957. The van der Waals surface area contributed by atoms with E-state index in [-0.39, 0.29) is 36.7 Å². The topological polar surface area (TPSA) is 69.0 Å². The van der Waals surface area contributed by atoms with Crippen LogP contribution < -0.4 is 5.32 Å². The van der Waals surface area contributed by atoms with Gasteiger partial charge < -0.3 is 10.1 Å². The minimum Gasteiger partial charge on any atom is -0.365 e. The van der Waals surface area contributed by atoms with Crippen LogP contribution in [0.2, 0.25) is 5.02 Å². The van der Waals surface area contributed by atoms with Gasteiger partial charge in [0, 0.05) is 11.6 Å². The van der Waals surface area contributed by atoms with E-state index < -0.39 is 0 Å². The quantitative estimate of drug-likeness (QED) is 0.747. The summed E-state index contributed by atoms with van der Waals surface area (Å²) in [6.45, 7) is 0.981. The summed E-state index contributed by atoms with van der Waals surface area (Å²) in [5, 5.41) is 11.5. The van der Waals surface area contributed by atoms with Crippen LogP contribution >= 0.6 is 11.6 Å². The number of fused-ring (bicyclic) bond motifs is 1. The molecule has 0 saturated carbocycles. The first-order chi connectivity index (χ1) is 13.1. The molecule has 1 unspecified atom stereocenters. The van der Waals surface area contributed by atoms with Gasteiger partial charge in [-0.1, -0.05) is 41.1 Å². The van der Waals surface area contributed by atoms with Gasteiger partial charge in [0.2, 0.25) is 0 Å². The van der Waals surface area contributed by atoms with E-state index in [1.807, 2.05) is 24.3 Å². The molecule has 27 heavy (non-hydrogen) atoms. The molecule has 0 bridgehead atoms. The van der Waals surface area contributed by atoms with Crippen LogP contribution in [-0.2, 0) is 24.4 Å². The minimum absolute atomic E-state index is 0.174. The van der Waals surface area contributed by atoms with Crippen LogP contribution in [0.5, 0.6) is 0 Å². The average Bonchev–Trinajstić information content (AvgIpc) is 3.11. The van der Waals surface area contributed by atoms with Gasteiger partial charge in [-0.3, -0.25) is 4.79 Å². The van der Waals surface area contributed by atoms with Crippen molar-refractivity contribution in [2.24, 2.45) is 0 Å². The van der Waals surface area contributed by atoms with Crippen LogP contribution in [0.15, 0.2) is 48.5 Å². The molecule has 0 spiro atoms. The fourth-order valence-electron chi connectivity index (χ4n) is 2.94. The van der Waals surface area contributed by atoms with Crippen LogP contribution in [0, 0.1) is 5.82 Å². The molecule has 4 rings (SSSR count). The molecule has 3 aromatic rings. The molecule has 1 aliphatic heterocycles. The molecule has 1 N–H and O–H groups in total. The third-order valence-corrected chi connectivity index (χ3v) is 4.67. The van der Waals surface area contributed by atoms with E-state index >= 15 is 0 Å². The number of ether oxygens (including phenoxy) is 1. The zero-order valence-corrected chi connectivity index (χ0v) is 15.0. The molecule has 8 heteroatoms. The Morgan fingerprint density at radius 2 is 1.96 bits per heavy atom. The van der Waals surface area contributed by atoms with Crippen molar-refractivity contribution in [2.75, 3.05) is 0 Å². The molecule has 0 radical (unpaired) electrons. The molecule has 0 saturated heterocycles. The highest BCUT2D eigenvalue weighted by molar-refractivity contribution is 6.30. The summed E-state index contributed by atoms with van der Waals surface area (Å²) in [7, 11) is 0. The van der Waals surface area contributed by atoms with Crippen molar-refractivity contribution in [1.82, 2.24) is 20.3 Å². The van der Waals surface area contributed by atoms with Gasteiger partial charge in [-0.05, 0) is 35.4 Å². The third kappa shape index (κ3) is 3.84. The molecule has 6 nitrogen and oxygen atoms in total. The summed E-state index contributed by atoms with van der Waals surface area (Å²) in [5.41, 5.74) is 2.66. The Labute approximate surface area is 159 Å². The lowest BCUT2D eigenvalue weighted by Gasteiger charge is -2.24. The van der Waals surface area contributed by atoms with E-state index in [2.05, 4.69) is 15.6 Å². The van der Waals surface area contributed by atoms with Gasteiger partial charge >= 0.3 is 0 Å². The summed E-state index contributed by atoms with van der Waals surface area (Å²) in [6, 6.07) is 13.4. The number of rotatable bonds is 4. The predicted molar refractivity (Wildman–Crippen MR) is 96.6 cm³/mol. The number of amides is 1. The molecule has 1 atom stereocenters. The van der Waals surface area contributed by atoms with Crippen LogP contribution in [0.3, 0.4) is 0 Å². The number of halogens is 2. The van der Waals surface area contributed by atoms with Gasteiger partial charge in [0.25, 0.3) is 5.91 Å². The summed E-state index contributed by atoms with van der Waals surface area (Å²) >= 11 is 5.92. The zero-order valence-electron chi connectivity index (χ0n) is 14.2. The van der Waals surface area contributed by atoms with E-state index in [0.717, 1.165) is 11.1 Å². The fourth-order valence-corrected chi connectivity index (χ4v) is 3.06. The molecule has 2 heterocycles. The predicted octanol–water partition coefficient (Wildman–Crippen LogP) is 3.27. The molecule has 1 aromatic heterocycles. The van der Waals surface area contributed by atoms with Gasteiger partial charge in [-0.15, -0.1) is 5.10 Å². The minimum atomic E-state index is -0.339. The van der Waals surface area contributed by atoms with Gasteiger partial charge in [0.1, 0.15) is 11.9 Å². The second-order valence-electron chi connectivity index (χ2n) is 6.23. The molecule has 0 aliphatic carbocycles. The van der Waals surface area contributed by atoms with Gasteiger partial charge in [-0.25, -0.2) is 9.07 Å². The van der Waals surface area contributed by atoms with Gasteiger partial charge in [0.15, 0.2) is 5.69 Å². The molecule has 1 aliphatic rings. The van der Waals surface area contributed by atoms with Gasteiger partial charge in [-0.2, -0.15) is 0 Å². The van der Waals surface area contributed by atoms with Crippen LogP contribution in [0.25, 0.3) is 0 Å². The number of nitrogens with zero attached hydrogens (tertiary/aromatic N) is 3. The first-order valence-electron chi connectivity index (χ1n) is 8.42. The highest BCUT2D eigenvalue weighted by atomic mass is 35.5. The lowest BCUT2D eigenvalue weighted by molar-refractivity contribution is -0.00177. The smallest absolute Gasteiger partial charge is 0.274 e. The fraction of sp³-hybridized carbons (Fsp3) is 0.211. The summed E-state index contributed by atoms with van der Waals surface area (Å²) < 4.78 is 20.5. The zero-order chi connectivity index (χ0) is 18.8. The van der Waals surface area contributed by atoms with E-state index in [0.29, 0.717) is 17.3 Å². The van der Waals surface area contributed by atoms with Crippen molar-refractivity contribution in [3.8, 4) is 0 Å². The average molecular weight is 387 g/mol. The van der Waals surface area contributed by atoms with E-state index in [4.69, 9.17) is 16.3 Å². The second kappa shape index (κ2) is 7.46. The first kappa shape index (κ1) is 17.6. The summed E-state index contributed by atoms with van der Waals surface area (Å²) in [6.07, 6.45) is -0.174. The molecular formula is C19H16ClFN4O2. The number of hydrogen-bond donors (Lipinski definition) is 1. The Hall–Kier alpha value is -2.77. The maximum atomic E-state index is 12.9. The normalized spacial score (nSPS) is 16.0. The number of carbonyl (C=O) groups excluding carboxylic acids is 1. The van der Waals surface area contributed by atoms with Crippen molar-refractivity contribution >= 4 is 17.5 Å². The summed E-state index contributed by atoms with van der Waals surface area (Å²) in [4.78, 5) is 12.4. The number of hydrogen-bond acceptors (Lipinski definition) is 4. The highest BCUT2D eigenvalue weighted by Gasteiger charge is 2.27. The number of carbonyl (C=O) groups is 1. The maximum absolute atomic E-state index is 12.9. The highest BCUT2D eigenvalue weighted by Crippen LogP contribution is 2.27. The number of benzene rings is 2. The Kier molecular flexibility index (Phi) is 4.87. The van der Waals surface area contributed by atoms with Crippen LogP contribution in [0.1, 0.15) is 33.4 Å². The number of nitrogens with one attached hydrogen (secondary N) is 1. The molecular weight excluding hydrogens is 371 g/mol. The van der Waals surface area contributed by atoms with Crippen LogP contribution in [0.4, 0.5) is 4.39 Å². The lowest BCUT2D eigenvalue weighted by atomic mass is 10.1. The molecule has 1 amide bonds. The van der Waals surface area contributed by atoms with Gasteiger partial charge in [0.05, 0.1) is 18.8 Å². The SMILES string of the molecule is O=C(NCc1ccc(F)cc1)c1nnn2c1COC(c1ccc(Cl)cc1)C2. The van der Waals surface area contributed by atoms with Crippen molar-refractivity contribution in [3.05, 3.63) is 81.9 Å². The van der Waals surface area contributed by atoms with Crippen molar-refractivity contribution in [2.45, 2.75) is 25.8 Å². The monoisotopic (exact) mass is 386 g/mol. The Morgan fingerprint density at radius 3 is 2.70 bits per heavy atom. The Morgan fingerprint density at radius 1 is 1.22 bits per heavy atom. The second-order valence-corrected chi connectivity index (χ2v) is 6.66. The van der Waals surface area contributed by atoms with E-state index in [1.54, 1.807) is 16.8 Å². The molecule has 2 aromatic carbocycles. The maximum Gasteiger partial charge on any atom is 0.274 e. The molecule has 138 valence electrons. The summed E-state index contributed by atoms with van der Waals surface area (Å²) in [5.74, 6) is -0.654. The van der Waals surface area contributed by atoms with E-state index in [9.17, 15) is 9.18 Å². The number of aromatic nitrogens is 3. The lowest BCUT2D eigenvalue weighted by Crippen LogP contribution is -2.27. The van der Waals surface area contributed by atoms with Crippen molar-refractivity contribution in [1.29, 1.82) is 0 Å². The third-order valence-electron chi connectivity index (χ3n) is 4.42. The first-order valence-corrected chi connectivity index (χ1v) is 8.80. The van der Waals surface area contributed by atoms with Crippen molar-refractivity contribution in [3.63, 3.8) is 0 Å². The Balaban J connectivity index is 1.43. The largest absolute Gasteiger partial charge is 0.365 e.